The summed E-state index contributed by atoms with van der Waals surface area (Å²) in [6.45, 7) is 5.43. The van der Waals surface area contributed by atoms with E-state index < -0.39 is 0 Å². The summed E-state index contributed by atoms with van der Waals surface area (Å²) >= 11 is 0. The van der Waals surface area contributed by atoms with Crippen molar-refractivity contribution in [2.24, 2.45) is 0 Å². The summed E-state index contributed by atoms with van der Waals surface area (Å²) in [4.78, 5) is 13.2. The van der Waals surface area contributed by atoms with Crippen LogP contribution < -0.4 is 0 Å². The molecule has 0 spiro atoms. The first-order chi connectivity index (χ1) is 8.52. The van der Waals surface area contributed by atoms with Crippen LogP contribution in [0.3, 0.4) is 0 Å². The second kappa shape index (κ2) is 7.11. The Balaban J connectivity index is 2.44. The lowest BCUT2D eigenvalue weighted by Gasteiger charge is -2.17. The number of hydrogen-bond donors (Lipinski definition) is 0. The lowest BCUT2D eigenvalue weighted by Crippen LogP contribution is -2.22. The Morgan fingerprint density at radius 2 is 2.17 bits per heavy atom. The van der Waals surface area contributed by atoms with E-state index in [1.165, 1.54) is 12.1 Å². The third-order valence-electron chi connectivity index (χ3n) is 2.75. The highest BCUT2D eigenvalue weighted by molar-refractivity contribution is 5.69. The van der Waals surface area contributed by atoms with Crippen molar-refractivity contribution >= 4 is 5.97 Å². The fourth-order valence-electron chi connectivity index (χ4n) is 1.72. The second-order valence-electron chi connectivity index (χ2n) is 4.36. The fraction of sp³-hybridized carbons (Fsp3) is 0.500. The highest BCUT2D eigenvalue weighted by atomic mass is 19.1. The summed E-state index contributed by atoms with van der Waals surface area (Å²) in [5, 5.41) is 0. The molecule has 1 rings (SSSR count). The lowest BCUT2D eigenvalue weighted by molar-refractivity contribution is -0.143. The number of halogens is 1. The van der Waals surface area contributed by atoms with Gasteiger partial charge in [-0.2, -0.15) is 0 Å². The Kier molecular flexibility index (Phi) is 5.78. The van der Waals surface area contributed by atoms with Gasteiger partial charge < -0.3 is 9.64 Å². The molecule has 0 aliphatic rings. The number of rotatable bonds is 6. The van der Waals surface area contributed by atoms with Crippen LogP contribution in [0.2, 0.25) is 0 Å². The topological polar surface area (TPSA) is 29.5 Å². The maximum atomic E-state index is 12.9. The molecular formula is C14H20FNO2. The lowest BCUT2D eigenvalue weighted by atomic mass is 10.1. The maximum absolute atomic E-state index is 12.9. The summed E-state index contributed by atoms with van der Waals surface area (Å²) in [5.41, 5.74) is 2.00. The molecule has 0 bridgehead atoms. The van der Waals surface area contributed by atoms with Gasteiger partial charge in [-0.1, -0.05) is 6.07 Å². The third kappa shape index (κ3) is 4.84. The van der Waals surface area contributed by atoms with Crippen LogP contribution in [0.15, 0.2) is 18.2 Å². The quantitative estimate of drug-likeness (QED) is 0.730. The van der Waals surface area contributed by atoms with Gasteiger partial charge in [0.15, 0.2) is 0 Å². The highest BCUT2D eigenvalue weighted by Crippen LogP contribution is 2.12. The van der Waals surface area contributed by atoms with Gasteiger partial charge in [0.05, 0.1) is 13.0 Å². The number of esters is 1. The average Bonchev–Trinajstić information content (AvgIpc) is 2.31. The van der Waals surface area contributed by atoms with Gasteiger partial charge in [-0.3, -0.25) is 4.79 Å². The summed E-state index contributed by atoms with van der Waals surface area (Å²) < 4.78 is 17.8. The molecule has 0 fully saturated rings. The molecule has 0 unspecified atom stereocenters. The number of hydrogen-bond acceptors (Lipinski definition) is 3. The SMILES string of the molecule is CCOC(=O)CCN(C)Cc1ccc(F)cc1C. The molecule has 0 aliphatic carbocycles. The summed E-state index contributed by atoms with van der Waals surface area (Å²) in [5.74, 6) is -0.398. The minimum absolute atomic E-state index is 0.180. The summed E-state index contributed by atoms with van der Waals surface area (Å²) in [7, 11) is 1.93. The molecule has 0 amide bonds. The van der Waals surface area contributed by atoms with Crippen molar-refractivity contribution in [3.8, 4) is 0 Å². The fourth-order valence-corrected chi connectivity index (χ4v) is 1.72. The van der Waals surface area contributed by atoms with E-state index >= 15 is 0 Å². The number of aryl methyl sites for hydroxylation is 1. The zero-order valence-electron chi connectivity index (χ0n) is 11.2. The van der Waals surface area contributed by atoms with Crippen LogP contribution in [-0.4, -0.2) is 31.1 Å². The molecule has 0 atom stereocenters. The number of nitrogens with zero attached hydrogens (tertiary/aromatic N) is 1. The van der Waals surface area contributed by atoms with E-state index in [0.29, 0.717) is 26.1 Å². The normalized spacial score (nSPS) is 10.7. The monoisotopic (exact) mass is 253 g/mol. The molecule has 0 saturated heterocycles. The summed E-state index contributed by atoms with van der Waals surface area (Å²) in [6.07, 6.45) is 0.380. The van der Waals surface area contributed by atoms with Gasteiger partial charge in [0.1, 0.15) is 5.82 Å². The Labute approximate surface area is 108 Å². The molecule has 0 aliphatic heterocycles. The van der Waals surface area contributed by atoms with Crippen molar-refractivity contribution in [1.82, 2.24) is 4.90 Å². The van der Waals surface area contributed by atoms with E-state index in [2.05, 4.69) is 0 Å². The highest BCUT2D eigenvalue weighted by Gasteiger charge is 2.07. The zero-order chi connectivity index (χ0) is 13.5. The molecule has 0 aromatic heterocycles. The first-order valence-electron chi connectivity index (χ1n) is 6.12. The number of carbonyl (C=O) groups excluding carboxylic acids is 1. The molecular weight excluding hydrogens is 233 g/mol. The van der Waals surface area contributed by atoms with Crippen LogP contribution in [0, 0.1) is 12.7 Å². The molecule has 0 saturated carbocycles. The van der Waals surface area contributed by atoms with E-state index in [0.717, 1.165) is 11.1 Å². The molecule has 1 aromatic rings. The van der Waals surface area contributed by atoms with Gasteiger partial charge in [0.2, 0.25) is 0 Å². The van der Waals surface area contributed by atoms with Crippen LogP contribution in [0.5, 0.6) is 0 Å². The predicted molar refractivity (Wildman–Crippen MR) is 68.7 cm³/mol. The van der Waals surface area contributed by atoms with Crippen LogP contribution in [0.1, 0.15) is 24.5 Å². The molecule has 0 heterocycles. The first-order valence-corrected chi connectivity index (χ1v) is 6.12. The molecule has 18 heavy (non-hydrogen) atoms. The Morgan fingerprint density at radius 1 is 1.44 bits per heavy atom. The largest absolute Gasteiger partial charge is 0.466 e. The molecule has 0 radical (unpaired) electrons. The first kappa shape index (κ1) is 14.6. The Morgan fingerprint density at radius 3 is 2.78 bits per heavy atom. The van der Waals surface area contributed by atoms with Gasteiger partial charge in [-0.05, 0) is 44.2 Å². The van der Waals surface area contributed by atoms with Gasteiger partial charge >= 0.3 is 5.97 Å². The van der Waals surface area contributed by atoms with Crippen LogP contribution in [0.4, 0.5) is 4.39 Å². The van der Waals surface area contributed by atoms with E-state index in [-0.39, 0.29) is 11.8 Å². The molecule has 1 aromatic carbocycles. The Bertz CT molecular complexity index is 407. The number of carbonyl (C=O) groups is 1. The van der Waals surface area contributed by atoms with Gasteiger partial charge in [0, 0.05) is 13.1 Å². The molecule has 4 heteroatoms. The van der Waals surface area contributed by atoms with Crippen molar-refractivity contribution in [3.05, 3.63) is 35.1 Å². The molecule has 0 N–H and O–H groups in total. The standard InChI is InChI=1S/C14H20FNO2/c1-4-18-14(17)7-8-16(3)10-12-5-6-13(15)9-11(12)2/h5-6,9H,4,7-8,10H2,1-3H3. The van der Waals surface area contributed by atoms with Gasteiger partial charge in [-0.25, -0.2) is 4.39 Å². The van der Waals surface area contributed by atoms with Crippen molar-refractivity contribution in [1.29, 1.82) is 0 Å². The molecule has 3 nitrogen and oxygen atoms in total. The van der Waals surface area contributed by atoms with Crippen LogP contribution >= 0.6 is 0 Å². The predicted octanol–water partition coefficient (Wildman–Crippen LogP) is 2.52. The third-order valence-corrected chi connectivity index (χ3v) is 2.75. The number of ether oxygens (including phenoxy) is 1. The van der Waals surface area contributed by atoms with Crippen LogP contribution in [-0.2, 0) is 16.1 Å². The van der Waals surface area contributed by atoms with Crippen LogP contribution in [0.25, 0.3) is 0 Å². The zero-order valence-corrected chi connectivity index (χ0v) is 11.2. The maximum Gasteiger partial charge on any atom is 0.307 e. The molecule has 100 valence electrons. The Hall–Kier alpha value is -1.42. The van der Waals surface area contributed by atoms with E-state index in [1.807, 2.05) is 18.9 Å². The van der Waals surface area contributed by atoms with Gasteiger partial charge in [0.25, 0.3) is 0 Å². The number of benzene rings is 1. The summed E-state index contributed by atoms with van der Waals surface area (Å²) in [6, 6.07) is 4.77. The van der Waals surface area contributed by atoms with Crippen molar-refractivity contribution in [3.63, 3.8) is 0 Å². The van der Waals surface area contributed by atoms with E-state index in [1.54, 1.807) is 13.0 Å². The van der Waals surface area contributed by atoms with E-state index in [9.17, 15) is 9.18 Å². The minimum Gasteiger partial charge on any atom is -0.466 e. The smallest absolute Gasteiger partial charge is 0.307 e. The minimum atomic E-state index is -0.217. The van der Waals surface area contributed by atoms with E-state index in [4.69, 9.17) is 4.74 Å². The second-order valence-corrected chi connectivity index (χ2v) is 4.36. The van der Waals surface area contributed by atoms with Crippen molar-refractivity contribution < 1.29 is 13.9 Å². The van der Waals surface area contributed by atoms with Gasteiger partial charge in [-0.15, -0.1) is 0 Å². The van der Waals surface area contributed by atoms with Crippen molar-refractivity contribution in [2.75, 3.05) is 20.2 Å². The average molecular weight is 253 g/mol. The van der Waals surface area contributed by atoms with Crippen molar-refractivity contribution in [2.45, 2.75) is 26.8 Å².